The number of hydrogen-bond acceptors (Lipinski definition) is 7. The van der Waals surface area contributed by atoms with Crippen LogP contribution in [0.4, 0.5) is 0 Å². The molecule has 0 spiro atoms. The molecule has 2 N–H and O–H groups in total. The Balaban J connectivity index is 2.85. The van der Waals surface area contributed by atoms with Gasteiger partial charge in [-0.25, -0.2) is 8.42 Å². The van der Waals surface area contributed by atoms with Gasteiger partial charge in [-0.1, -0.05) is 13.8 Å². The Bertz CT molecular complexity index is 506. The monoisotopic (exact) mass is 261 g/mol. The molecule has 0 aromatic carbocycles. The molecule has 96 valence electrons. The molecule has 0 aliphatic rings. The third-order valence-electron chi connectivity index (χ3n) is 2.08. The second-order valence-electron chi connectivity index (χ2n) is 4.21. The molecule has 7 nitrogen and oxygen atoms in total. The number of sulfone groups is 1. The molecule has 1 unspecified atom stereocenters. The van der Waals surface area contributed by atoms with Gasteiger partial charge in [0.1, 0.15) is 5.75 Å². The third-order valence-corrected chi connectivity index (χ3v) is 2.86. The average Bonchev–Trinajstić information content (AvgIpc) is 2.61. The zero-order valence-electron chi connectivity index (χ0n) is 9.87. The van der Waals surface area contributed by atoms with E-state index in [1.54, 1.807) is 13.8 Å². The van der Waals surface area contributed by atoms with E-state index in [0.717, 1.165) is 6.26 Å². The van der Waals surface area contributed by atoms with Crippen molar-refractivity contribution in [1.82, 2.24) is 10.2 Å². The molecule has 0 saturated carbocycles. The summed E-state index contributed by atoms with van der Waals surface area (Å²) in [7, 11) is -3.26. The molecular weight excluding hydrogens is 246 g/mol. The molecule has 1 rings (SSSR count). The lowest BCUT2D eigenvalue weighted by molar-refractivity contribution is 0.0904. The van der Waals surface area contributed by atoms with Crippen LogP contribution in [0.2, 0.25) is 0 Å². The second kappa shape index (κ2) is 4.92. The lowest BCUT2D eigenvalue weighted by atomic mass is 10.0. The maximum absolute atomic E-state index is 11.7. The average molecular weight is 261 g/mol. The summed E-state index contributed by atoms with van der Waals surface area (Å²) in [6, 6.07) is -0.735. The van der Waals surface area contributed by atoms with Gasteiger partial charge < -0.3 is 10.2 Å². The van der Waals surface area contributed by atoms with Crippen LogP contribution in [0, 0.1) is 5.92 Å². The van der Waals surface area contributed by atoms with Crippen molar-refractivity contribution in [2.24, 2.45) is 11.7 Å². The van der Waals surface area contributed by atoms with E-state index in [2.05, 4.69) is 10.2 Å². The minimum Gasteiger partial charge on any atom is -0.417 e. The molecule has 8 heteroatoms. The van der Waals surface area contributed by atoms with E-state index in [9.17, 15) is 13.2 Å². The van der Waals surface area contributed by atoms with Gasteiger partial charge in [-0.05, 0) is 5.92 Å². The van der Waals surface area contributed by atoms with Crippen molar-refractivity contribution in [3.63, 3.8) is 0 Å². The van der Waals surface area contributed by atoms with Crippen LogP contribution in [0.15, 0.2) is 4.42 Å². The summed E-state index contributed by atoms with van der Waals surface area (Å²) in [6.45, 7) is 3.58. The number of aromatic nitrogens is 2. The standard InChI is InChI=1S/C9H15N3O4S/c1-5(2)7(10)8(13)9-12-11-6(16-9)4-17(3,14)15/h5,7H,4,10H2,1-3H3. The minimum absolute atomic E-state index is 0.0623. The van der Waals surface area contributed by atoms with Crippen molar-refractivity contribution in [3.8, 4) is 0 Å². The Morgan fingerprint density at radius 3 is 2.47 bits per heavy atom. The maximum Gasteiger partial charge on any atom is 0.285 e. The van der Waals surface area contributed by atoms with Crippen molar-refractivity contribution in [2.45, 2.75) is 25.6 Å². The fourth-order valence-corrected chi connectivity index (χ4v) is 1.65. The molecule has 1 heterocycles. The molecule has 1 aromatic heterocycles. The zero-order chi connectivity index (χ0) is 13.2. The normalized spacial score (nSPS) is 13.9. The van der Waals surface area contributed by atoms with E-state index in [1.807, 2.05) is 0 Å². The van der Waals surface area contributed by atoms with E-state index in [0.29, 0.717) is 0 Å². The first-order chi connectivity index (χ1) is 7.70. The molecule has 0 amide bonds. The summed E-state index contributed by atoms with van der Waals surface area (Å²) in [4.78, 5) is 11.7. The number of hydrogen-bond donors (Lipinski definition) is 1. The Hall–Kier alpha value is -1.28. The highest BCUT2D eigenvalue weighted by molar-refractivity contribution is 7.89. The van der Waals surface area contributed by atoms with Crippen LogP contribution in [0.25, 0.3) is 0 Å². The molecule has 0 bridgehead atoms. The highest BCUT2D eigenvalue weighted by Gasteiger charge is 2.25. The molecule has 0 aliphatic heterocycles. The summed E-state index contributed by atoms with van der Waals surface area (Å²) in [6.07, 6.45) is 1.04. The first kappa shape index (κ1) is 13.8. The Morgan fingerprint density at radius 2 is 2.00 bits per heavy atom. The van der Waals surface area contributed by atoms with Gasteiger partial charge in [-0.3, -0.25) is 4.79 Å². The van der Waals surface area contributed by atoms with E-state index in [1.165, 1.54) is 0 Å². The van der Waals surface area contributed by atoms with E-state index >= 15 is 0 Å². The quantitative estimate of drug-likeness (QED) is 0.728. The summed E-state index contributed by atoms with van der Waals surface area (Å²) >= 11 is 0. The Labute approximate surface area is 99.3 Å². The number of rotatable bonds is 5. The number of nitrogens with zero attached hydrogens (tertiary/aromatic N) is 2. The van der Waals surface area contributed by atoms with Crippen LogP contribution in [0.3, 0.4) is 0 Å². The summed E-state index contributed by atoms with van der Waals surface area (Å²) in [5, 5.41) is 6.99. The molecule has 0 aliphatic carbocycles. The number of Topliss-reactive ketones (excluding diaryl/α,β-unsaturated/α-hetero) is 1. The third kappa shape index (κ3) is 3.90. The number of carbonyl (C=O) groups excluding carboxylic acids is 1. The zero-order valence-corrected chi connectivity index (χ0v) is 10.7. The molecule has 0 radical (unpaired) electrons. The van der Waals surface area contributed by atoms with Crippen LogP contribution in [-0.4, -0.2) is 36.7 Å². The highest BCUT2D eigenvalue weighted by Crippen LogP contribution is 2.09. The molecule has 0 saturated heterocycles. The van der Waals surface area contributed by atoms with Crippen LogP contribution in [0.1, 0.15) is 30.4 Å². The number of ketones is 1. The lowest BCUT2D eigenvalue weighted by Gasteiger charge is -2.10. The van der Waals surface area contributed by atoms with Crippen molar-refractivity contribution in [2.75, 3.05) is 6.26 Å². The van der Waals surface area contributed by atoms with E-state index in [-0.39, 0.29) is 23.5 Å². The van der Waals surface area contributed by atoms with Crippen molar-refractivity contribution >= 4 is 15.6 Å². The molecule has 17 heavy (non-hydrogen) atoms. The lowest BCUT2D eigenvalue weighted by Crippen LogP contribution is -2.35. The summed E-state index contributed by atoms with van der Waals surface area (Å²) in [5.41, 5.74) is 5.63. The predicted molar refractivity (Wildman–Crippen MR) is 60.0 cm³/mol. The summed E-state index contributed by atoms with van der Waals surface area (Å²) < 4.78 is 26.9. The van der Waals surface area contributed by atoms with Crippen molar-refractivity contribution < 1.29 is 17.6 Å². The molecule has 1 atom stereocenters. The van der Waals surface area contributed by atoms with Gasteiger partial charge in [-0.2, -0.15) is 0 Å². The van der Waals surface area contributed by atoms with Crippen LogP contribution >= 0.6 is 0 Å². The Kier molecular flexibility index (Phi) is 3.99. The van der Waals surface area contributed by atoms with Gasteiger partial charge in [0.15, 0.2) is 9.84 Å². The fourth-order valence-electron chi connectivity index (χ4n) is 1.08. The van der Waals surface area contributed by atoms with Gasteiger partial charge in [-0.15, -0.1) is 10.2 Å². The van der Waals surface area contributed by atoms with Crippen LogP contribution in [0.5, 0.6) is 0 Å². The first-order valence-corrected chi connectivity index (χ1v) is 7.06. The van der Waals surface area contributed by atoms with E-state index < -0.39 is 21.7 Å². The number of nitrogens with two attached hydrogens (primary N) is 1. The first-order valence-electron chi connectivity index (χ1n) is 5.00. The summed E-state index contributed by atoms with van der Waals surface area (Å²) in [5.74, 6) is -1.28. The predicted octanol–water partition coefficient (Wildman–Crippen LogP) is -0.220. The largest absolute Gasteiger partial charge is 0.417 e. The molecule has 0 fully saturated rings. The van der Waals surface area contributed by atoms with Gasteiger partial charge in [0, 0.05) is 6.26 Å². The van der Waals surface area contributed by atoms with Crippen molar-refractivity contribution in [1.29, 1.82) is 0 Å². The van der Waals surface area contributed by atoms with Crippen LogP contribution in [-0.2, 0) is 15.6 Å². The van der Waals surface area contributed by atoms with Crippen molar-refractivity contribution in [3.05, 3.63) is 11.8 Å². The number of carbonyl (C=O) groups is 1. The highest BCUT2D eigenvalue weighted by atomic mass is 32.2. The van der Waals surface area contributed by atoms with Gasteiger partial charge in [0.2, 0.25) is 11.7 Å². The topological polar surface area (TPSA) is 116 Å². The van der Waals surface area contributed by atoms with Gasteiger partial charge >= 0.3 is 0 Å². The minimum atomic E-state index is -3.26. The fraction of sp³-hybridized carbons (Fsp3) is 0.667. The van der Waals surface area contributed by atoms with Crippen LogP contribution < -0.4 is 5.73 Å². The SMILES string of the molecule is CC(C)C(N)C(=O)c1nnc(CS(C)(=O)=O)o1. The van der Waals surface area contributed by atoms with Gasteiger partial charge in [0.05, 0.1) is 6.04 Å². The molecular formula is C9H15N3O4S. The molecule has 1 aromatic rings. The maximum atomic E-state index is 11.7. The smallest absolute Gasteiger partial charge is 0.285 e. The second-order valence-corrected chi connectivity index (χ2v) is 6.35. The van der Waals surface area contributed by atoms with E-state index in [4.69, 9.17) is 10.2 Å². The van der Waals surface area contributed by atoms with Gasteiger partial charge in [0.25, 0.3) is 5.89 Å². The Morgan fingerprint density at radius 1 is 1.41 bits per heavy atom.